The Hall–Kier alpha value is -4.19. The van der Waals surface area contributed by atoms with Gasteiger partial charge < -0.3 is 15.4 Å². The summed E-state index contributed by atoms with van der Waals surface area (Å²) in [5.74, 6) is 2.34. The molecule has 6 rings (SSSR count). The van der Waals surface area contributed by atoms with E-state index in [1.807, 2.05) is 37.3 Å². The molecule has 0 amide bonds. The molecule has 0 saturated heterocycles. The summed E-state index contributed by atoms with van der Waals surface area (Å²) in [7, 11) is 0. The number of hydrogen-bond acceptors (Lipinski definition) is 6. The molecule has 0 unspecified atom stereocenters. The van der Waals surface area contributed by atoms with E-state index in [-0.39, 0.29) is 0 Å². The fourth-order valence-electron chi connectivity index (χ4n) is 5.13. The lowest BCUT2D eigenvalue weighted by Crippen LogP contribution is -2.22. The summed E-state index contributed by atoms with van der Waals surface area (Å²) in [6.45, 7) is 4.04. The van der Waals surface area contributed by atoms with Crippen LogP contribution in [0.1, 0.15) is 43.4 Å². The van der Waals surface area contributed by atoms with Gasteiger partial charge >= 0.3 is 0 Å². The molecular weight excluding hydrogens is 458 g/mol. The van der Waals surface area contributed by atoms with Crippen LogP contribution in [0.5, 0.6) is 11.5 Å². The van der Waals surface area contributed by atoms with Crippen molar-refractivity contribution in [1.29, 1.82) is 0 Å². The standard InChI is InChI=1S/C31H31N5O/c1-20-17-24(14-16-28(20)37-29-10-6-7-22-12-11-21(2)34-30(22)29)36-31-26-18-25(13-15-27(26)32-19-33-31)35-23-8-4-3-5-9-23/h6-7,10-19,23,35H,3-5,8-9H2,1-2H3,(H,32,33,36). The lowest BCUT2D eigenvalue weighted by Gasteiger charge is -2.24. The van der Waals surface area contributed by atoms with Crippen molar-refractivity contribution in [2.75, 3.05) is 10.6 Å². The van der Waals surface area contributed by atoms with E-state index in [9.17, 15) is 0 Å². The van der Waals surface area contributed by atoms with Crippen LogP contribution in [0.2, 0.25) is 0 Å². The Morgan fingerprint density at radius 1 is 0.811 bits per heavy atom. The Balaban J connectivity index is 1.24. The first-order valence-electron chi connectivity index (χ1n) is 13.1. The highest BCUT2D eigenvalue weighted by Crippen LogP contribution is 2.33. The molecule has 1 aliphatic carbocycles. The molecule has 186 valence electrons. The Kier molecular flexibility index (Phi) is 6.31. The van der Waals surface area contributed by atoms with Crippen LogP contribution in [0.25, 0.3) is 21.8 Å². The minimum Gasteiger partial charge on any atom is -0.455 e. The summed E-state index contributed by atoms with van der Waals surface area (Å²) in [6.07, 6.45) is 8.03. The lowest BCUT2D eigenvalue weighted by atomic mass is 9.95. The molecule has 2 heterocycles. The van der Waals surface area contributed by atoms with Crippen molar-refractivity contribution in [3.05, 3.63) is 84.3 Å². The molecule has 1 aliphatic rings. The van der Waals surface area contributed by atoms with Crippen LogP contribution >= 0.6 is 0 Å². The number of hydrogen-bond donors (Lipinski definition) is 2. The van der Waals surface area contributed by atoms with Crippen molar-refractivity contribution in [3.8, 4) is 11.5 Å². The molecule has 2 aromatic heterocycles. The Morgan fingerprint density at radius 2 is 1.68 bits per heavy atom. The van der Waals surface area contributed by atoms with Gasteiger partial charge in [0.25, 0.3) is 0 Å². The van der Waals surface area contributed by atoms with Crippen LogP contribution in [-0.4, -0.2) is 21.0 Å². The van der Waals surface area contributed by atoms with E-state index in [0.717, 1.165) is 61.8 Å². The van der Waals surface area contributed by atoms with E-state index >= 15 is 0 Å². The summed E-state index contributed by atoms with van der Waals surface area (Å²) in [5.41, 5.74) is 5.84. The second-order valence-corrected chi connectivity index (χ2v) is 9.92. The van der Waals surface area contributed by atoms with Gasteiger partial charge in [0.2, 0.25) is 0 Å². The SMILES string of the molecule is Cc1ccc2cccc(Oc3ccc(Nc4ncnc5ccc(NC6CCCCC6)cc45)cc3C)c2n1. The highest BCUT2D eigenvalue weighted by atomic mass is 16.5. The monoisotopic (exact) mass is 489 g/mol. The molecule has 37 heavy (non-hydrogen) atoms. The van der Waals surface area contributed by atoms with E-state index in [1.54, 1.807) is 6.33 Å². The van der Waals surface area contributed by atoms with Crippen molar-refractivity contribution < 1.29 is 4.74 Å². The molecular formula is C31H31N5O. The summed E-state index contributed by atoms with van der Waals surface area (Å²) >= 11 is 0. The Morgan fingerprint density at radius 3 is 2.54 bits per heavy atom. The highest BCUT2D eigenvalue weighted by molar-refractivity contribution is 5.93. The minimum absolute atomic E-state index is 0.545. The molecule has 0 atom stereocenters. The Labute approximate surface area is 217 Å². The number of fused-ring (bicyclic) bond motifs is 2. The lowest BCUT2D eigenvalue weighted by molar-refractivity contribution is 0.463. The first-order chi connectivity index (χ1) is 18.1. The van der Waals surface area contributed by atoms with Crippen molar-refractivity contribution in [3.63, 3.8) is 0 Å². The second kappa shape index (κ2) is 10.1. The van der Waals surface area contributed by atoms with Crippen LogP contribution in [0.4, 0.5) is 17.2 Å². The third-order valence-electron chi connectivity index (χ3n) is 7.09. The summed E-state index contributed by atoms with van der Waals surface area (Å²) < 4.78 is 6.32. The van der Waals surface area contributed by atoms with Crippen LogP contribution in [0, 0.1) is 13.8 Å². The quantitative estimate of drug-likeness (QED) is 0.251. The van der Waals surface area contributed by atoms with Crippen molar-refractivity contribution in [2.45, 2.75) is 52.0 Å². The average Bonchev–Trinajstić information content (AvgIpc) is 2.91. The zero-order valence-electron chi connectivity index (χ0n) is 21.3. The maximum absolute atomic E-state index is 6.32. The zero-order valence-corrected chi connectivity index (χ0v) is 21.3. The maximum atomic E-state index is 6.32. The van der Waals surface area contributed by atoms with Gasteiger partial charge in [-0.1, -0.05) is 37.5 Å². The van der Waals surface area contributed by atoms with Gasteiger partial charge in [-0.3, -0.25) is 0 Å². The van der Waals surface area contributed by atoms with Gasteiger partial charge in [-0.25, -0.2) is 15.0 Å². The van der Waals surface area contributed by atoms with Gasteiger partial charge in [0.1, 0.15) is 23.4 Å². The summed E-state index contributed by atoms with van der Waals surface area (Å²) in [5, 5.41) is 9.28. The minimum atomic E-state index is 0.545. The van der Waals surface area contributed by atoms with E-state index in [1.165, 1.54) is 32.1 Å². The van der Waals surface area contributed by atoms with Gasteiger partial charge in [0.05, 0.1) is 5.52 Å². The number of benzene rings is 3. The first-order valence-corrected chi connectivity index (χ1v) is 13.1. The molecule has 1 fully saturated rings. The van der Waals surface area contributed by atoms with Crippen LogP contribution in [-0.2, 0) is 0 Å². The number of rotatable bonds is 6. The molecule has 0 spiro atoms. The van der Waals surface area contributed by atoms with Crippen LogP contribution < -0.4 is 15.4 Å². The van der Waals surface area contributed by atoms with E-state index in [0.29, 0.717) is 6.04 Å². The van der Waals surface area contributed by atoms with Crippen molar-refractivity contribution >= 4 is 39.0 Å². The topological polar surface area (TPSA) is 72.0 Å². The number of anilines is 3. The van der Waals surface area contributed by atoms with Gasteiger partial charge in [-0.15, -0.1) is 0 Å². The van der Waals surface area contributed by atoms with Gasteiger partial charge in [0.15, 0.2) is 5.75 Å². The van der Waals surface area contributed by atoms with Gasteiger partial charge in [-0.05, 0) is 80.8 Å². The third kappa shape index (κ3) is 5.05. The van der Waals surface area contributed by atoms with Crippen LogP contribution in [0.3, 0.4) is 0 Å². The van der Waals surface area contributed by atoms with Crippen molar-refractivity contribution in [1.82, 2.24) is 15.0 Å². The normalized spacial score (nSPS) is 14.1. The molecule has 6 nitrogen and oxygen atoms in total. The number of aromatic nitrogens is 3. The number of pyridine rings is 1. The van der Waals surface area contributed by atoms with Gasteiger partial charge in [-0.2, -0.15) is 0 Å². The fourth-order valence-corrected chi connectivity index (χ4v) is 5.13. The predicted octanol–water partition coefficient (Wildman–Crippen LogP) is 8.08. The highest BCUT2D eigenvalue weighted by Gasteiger charge is 2.14. The number of ether oxygens (including phenoxy) is 1. The van der Waals surface area contributed by atoms with Crippen LogP contribution in [0.15, 0.2) is 73.1 Å². The number of nitrogens with zero attached hydrogens (tertiary/aromatic N) is 3. The number of para-hydroxylation sites is 1. The number of nitrogens with one attached hydrogen (secondary N) is 2. The van der Waals surface area contributed by atoms with E-state index in [4.69, 9.17) is 9.72 Å². The molecule has 2 N–H and O–H groups in total. The van der Waals surface area contributed by atoms with Crippen molar-refractivity contribution in [2.24, 2.45) is 0 Å². The molecule has 5 aromatic rings. The van der Waals surface area contributed by atoms with E-state index < -0.39 is 0 Å². The second-order valence-electron chi connectivity index (χ2n) is 9.92. The largest absolute Gasteiger partial charge is 0.455 e. The fraction of sp³-hybridized carbons (Fsp3) is 0.258. The molecule has 3 aromatic carbocycles. The van der Waals surface area contributed by atoms with Gasteiger partial charge in [0, 0.05) is 33.9 Å². The summed E-state index contributed by atoms with van der Waals surface area (Å²) in [4.78, 5) is 13.7. The average molecular weight is 490 g/mol. The molecule has 0 aliphatic heterocycles. The smallest absolute Gasteiger partial charge is 0.153 e. The molecule has 0 radical (unpaired) electrons. The Bertz CT molecular complexity index is 1580. The predicted molar refractivity (Wildman–Crippen MR) is 151 cm³/mol. The maximum Gasteiger partial charge on any atom is 0.153 e. The third-order valence-corrected chi connectivity index (χ3v) is 7.09. The first kappa shape index (κ1) is 23.2. The molecule has 0 bridgehead atoms. The molecule has 1 saturated carbocycles. The molecule has 6 heteroatoms. The number of aryl methyl sites for hydroxylation is 2. The summed E-state index contributed by atoms with van der Waals surface area (Å²) in [6, 6.07) is 23.1. The zero-order chi connectivity index (χ0) is 25.2. The van der Waals surface area contributed by atoms with E-state index in [2.05, 4.69) is 63.9 Å².